The SMILES string of the molecule is CCC(C)C(N)CC(=O)Oc1ccccc1NC(=S)Nc1ccc(-c2ccccc2)nn1. The van der Waals surface area contributed by atoms with E-state index in [9.17, 15) is 4.79 Å². The van der Waals surface area contributed by atoms with Crippen molar-refractivity contribution in [3.8, 4) is 17.0 Å². The average molecular weight is 450 g/mol. The van der Waals surface area contributed by atoms with Gasteiger partial charge in [-0.05, 0) is 42.4 Å². The van der Waals surface area contributed by atoms with Crippen LogP contribution < -0.4 is 21.1 Å². The van der Waals surface area contributed by atoms with E-state index in [1.807, 2.05) is 56.3 Å². The average Bonchev–Trinajstić information content (AvgIpc) is 2.80. The third kappa shape index (κ3) is 6.57. The molecular weight excluding hydrogens is 422 g/mol. The maximum absolute atomic E-state index is 12.3. The molecule has 32 heavy (non-hydrogen) atoms. The number of carbonyl (C=O) groups excluding carboxylic acids is 1. The van der Waals surface area contributed by atoms with E-state index in [1.54, 1.807) is 24.3 Å². The van der Waals surface area contributed by atoms with Gasteiger partial charge in [-0.2, -0.15) is 0 Å². The summed E-state index contributed by atoms with van der Waals surface area (Å²) in [4.78, 5) is 12.3. The fraction of sp³-hybridized carbons (Fsp3) is 0.250. The summed E-state index contributed by atoms with van der Waals surface area (Å²) in [5.41, 5.74) is 8.38. The van der Waals surface area contributed by atoms with Gasteiger partial charge in [-0.25, -0.2) is 0 Å². The number of para-hydroxylation sites is 2. The molecule has 2 unspecified atom stereocenters. The van der Waals surface area contributed by atoms with Crippen LogP contribution in [0.2, 0.25) is 0 Å². The largest absolute Gasteiger partial charge is 0.424 e. The zero-order chi connectivity index (χ0) is 22.9. The Bertz CT molecular complexity index is 1040. The quantitative estimate of drug-likeness (QED) is 0.260. The van der Waals surface area contributed by atoms with Gasteiger partial charge >= 0.3 is 5.97 Å². The van der Waals surface area contributed by atoms with Crippen LogP contribution in [0.4, 0.5) is 11.5 Å². The number of esters is 1. The molecule has 0 saturated carbocycles. The molecule has 0 radical (unpaired) electrons. The standard InChI is InChI=1S/C24H27N5O2S/c1-3-16(2)18(25)15-23(30)31-21-12-8-7-11-20(21)26-24(32)27-22-14-13-19(28-29-22)17-9-5-4-6-10-17/h4-14,16,18H,3,15,25H2,1-2H3,(H2,26,27,29,32). The lowest BCUT2D eigenvalue weighted by atomic mass is 9.97. The lowest BCUT2D eigenvalue weighted by Gasteiger charge is -2.18. The van der Waals surface area contributed by atoms with Gasteiger partial charge in [0.05, 0.1) is 17.8 Å². The maximum atomic E-state index is 12.3. The highest BCUT2D eigenvalue weighted by Gasteiger charge is 2.18. The maximum Gasteiger partial charge on any atom is 0.312 e. The van der Waals surface area contributed by atoms with Crippen molar-refractivity contribution in [2.45, 2.75) is 32.7 Å². The van der Waals surface area contributed by atoms with Crippen LogP contribution in [-0.4, -0.2) is 27.3 Å². The molecule has 4 N–H and O–H groups in total. The van der Waals surface area contributed by atoms with Gasteiger partial charge < -0.3 is 21.1 Å². The summed E-state index contributed by atoms with van der Waals surface area (Å²) >= 11 is 5.39. The molecule has 2 atom stereocenters. The van der Waals surface area contributed by atoms with Gasteiger partial charge in [0.25, 0.3) is 0 Å². The molecule has 0 saturated heterocycles. The first-order valence-electron chi connectivity index (χ1n) is 10.5. The van der Waals surface area contributed by atoms with Gasteiger partial charge in [-0.15, -0.1) is 10.2 Å². The Balaban J connectivity index is 1.60. The Labute approximate surface area is 193 Å². The molecule has 1 heterocycles. The van der Waals surface area contributed by atoms with Crippen LogP contribution >= 0.6 is 12.2 Å². The summed E-state index contributed by atoms with van der Waals surface area (Å²) in [6.07, 6.45) is 1.05. The van der Waals surface area contributed by atoms with Crippen LogP contribution in [0, 0.1) is 5.92 Å². The number of anilines is 2. The molecule has 166 valence electrons. The van der Waals surface area contributed by atoms with E-state index < -0.39 is 0 Å². The monoisotopic (exact) mass is 449 g/mol. The van der Waals surface area contributed by atoms with Gasteiger partial charge in [-0.1, -0.05) is 62.7 Å². The van der Waals surface area contributed by atoms with Crippen LogP contribution in [0.25, 0.3) is 11.3 Å². The minimum atomic E-state index is -0.381. The number of nitrogens with two attached hydrogens (primary N) is 1. The van der Waals surface area contributed by atoms with Crippen molar-refractivity contribution in [3.05, 3.63) is 66.7 Å². The lowest BCUT2D eigenvalue weighted by molar-refractivity contribution is -0.135. The number of nitrogens with one attached hydrogen (secondary N) is 2. The van der Waals surface area contributed by atoms with E-state index >= 15 is 0 Å². The third-order valence-corrected chi connectivity index (χ3v) is 5.32. The minimum absolute atomic E-state index is 0.148. The predicted molar refractivity (Wildman–Crippen MR) is 131 cm³/mol. The fourth-order valence-electron chi connectivity index (χ4n) is 2.95. The molecule has 3 rings (SSSR count). The Morgan fingerprint density at radius 1 is 1.03 bits per heavy atom. The number of hydrogen-bond donors (Lipinski definition) is 3. The molecule has 0 aliphatic carbocycles. The van der Waals surface area contributed by atoms with E-state index in [0.29, 0.717) is 22.4 Å². The van der Waals surface area contributed by atoms with E-state index in [2.05, 4.69) is 20.8 Å². The highest BCUT2D eigenvalue weighted by Crippen LogP contribution is 2.25. The summed E-state index contributed by atoms with van der Waals surface area (Å²) in [5.74, 6) is 0.732. The fourth-order valence-corrected chi connectivity index (χ4v) is 3.17. The molecule has 0 bridgehead atoms. The molecule has 0 fully saturated rings. The van der Waals surface area contributed by atoms with Crippen molar-refractivity contribution in [3.63, 3.8) is 0 Å². The van der Waals surface area contributed by atoms with Gasteiger partial charge in [0, 0.05) is 11.6 Å². The van der Waals surface area contributed by atoms with E-state index in [4.69, 9.17) is 22.7 Å². The van der Waals surface area contributed by atoms with Gasteiger partial charge in [0.15, 0.2) is 16.7 Å². The molecule has 8 heteroatoms. The first-order valence-corrected chi connectivity index (χ1v) is 10.9. The summed E-state index contributed by atoms with van der Waals surface area (Å²) in [6, 6.07) is 20.3. The summed E-state index contributed by atoms with van der Waals surface area (Å²) in [5, 5.41) is 14.7. The topological polar surface area (TPSA) is 102 Å². The van der Waals surface area contributed by atoms with Gasteiger partial charge in [0.2, 0.25) is 0 Å². The lowest BCUT2D eigenvalue weighted by Crippen LogP contribution is -2.32. The van der Waals surface area contributed by atoms with Crippen LogP contribution in [0.15, 0.2) is 66.7 Å². The number of rotatable bonds is 8. The smallest absolute Gasteiger partial charge is 0.312 e. The Hall–Kier alpha value is -3.36. The second-order valence-corrected chi connectivity index (χ2v) is 7.88. The van der Waals surface area contributed by atoms with Crippen LogP contribution in [0.5, 0.6) is 5.75 Å². The summed E-state index contributed by atoms with van der Waals surface area (Å²) < 4.78 is 5.53. The molecule has 1 aromatic heterocycles. The molecular formula is C24H27N5O2S. The zero-order valence-corrected chi connectivity index (χ0v) is 18.9. The van der Waals surface area contributed by atoms with E-state index in [-0.39, 0.29) is 24.3 Å². The Morgan fingerprint density at radius 2 is 1.75 bits per heavy atom. The number of ether oxygens (including phenoxy) is 1. The number of thiocarbonyl (C=S) groups is 1. The second kappa shape index (κ2) is 11.3. The number of carbonyl (C=O) groups is 1. The van der Waals surface area contributed by atoms with Gasteiger partial charge in [-0.3, -0.25) is 4.79 Å². The summed E-state index contributed by atoms with van der Waals surface area (Å²) in [6.45, 7) is 4.06. The van der Waals surface area contributed by atoms with E-state index in [0.717, 1.165) is 17.7 Å². The van der Waals surface area contributed by atoms with Crippen molar-refractivity contribution in [1.29, 1.82) is 0 Å². The molecule has 0 amide bonds. The Morgan fingerprint density at radius 3 is 2.44 bits per heavy atom. The van der Waals surface area contributed by atoms with Crippen molar-refractivity contribution in [2.75, 3.05) is 10.6 Å². The van der Waals surface area contributed by atoms with Crippen molar-refractivity contribution in [2.24, 2.45) is 11.7 Å². The summed E-state index contributed by atoms with van der Waals surface area (Å²) in [7, 11) is 0. The molecule has 0 aliphatic heterocycles. The van der Waals surface area contributed by atoms with E-state index in [1.165, 1.54) is 0 Å². The third-order valence-electron chi connectivity index (χ3n) is 5.11. The molecule has 3 aromatic rings. The van der Waals surface area contributed by atoms with Crippen LogP contribution in [0.3, 0.4) is 0 Å². The zero-order valence-electron chi connectivity index (χ0n) is 18.1. The normalized spacial score (nSPS) is 12.5. The van der Waals surface area contributed by atoms with Crippen LogP contribution in [-0.2, 0) is 4.79 Å². The molecule has 2 aromatic carbocycles. The second-order valence-electron chi connectivity index (χ2n) is 7.47. The minimum Gasteiger partial charge on any atom is -0.424 e. The van der Waals surface area contributed by atoms with Crippen molar-refractivity contribution < 1.29 is 9.53 Å². The molecule has 0 spiro atoms. The predicted octanol–water partition coefficient (Wildman–Crippen LogP) is 4.62. The van der Waals surface area contributed by atoms with Crippen molar-refractivity contribution >= 4 is 34.8 Å². The molecule has 0 aliphatic rings. The Kier molecular flexibility index (Phi) is 8.24. The van der Waals surface area contributed by atoms with Crippen LogP contribution in [0.1, 0.15) is 26.7 Å². The van der Waals surface area contributed by atoms with Gasteiger partial charge in [0.1, 0.15) is 0 Å². The number of aromatic nitrogens is 2. The highest BCUT2D eigenvalue weighted by molar-refractivity contribution is 7.80. The molecule has 7 nitrogen and oxygen atoms in total. The first kappa shape index (κ1) is 23.3. The highest BCUT2D eigenvalue weighted by atomic mass is 32.1. The number of hydrogen-bond acceptors (Lipinski definition) is 6. The first-order chi connectivity index (χ1) is 15.5. The number of nitrogens with zero attached hydrogens (tertiary/aromatic N) is 2. The van der Waals surface area contributed by atoms with Crippen molar-refractivity contribution in [1.82, 2.24) is 10.2 Å². The number of benzene rings is 2.